The van der Waals surface area contributed by atoms with Gasteiger partial charge in [0.05, 0.1) is 13.3 Å². The standard InChI is InChI=1S/C8H13N3O6/c12-1-3-4(13)5(14)6(17-3)11-2-9-7(15)10-8(11)16/h3-6,12-14H,1-2H2,(H2,9,10,15,16)/t3-,4-,5-,6-/m1/s1. The van der Waals surface area contributed by atoms with E-state index in [2.05, 4.69) is 5.32 Å². The van der Waals surface area contributed by atoms with Crippen LogP contribution in [0.2, 0.25) is 0 Å². The Balaban J connectivity index is 2.08. The summed E-state index contributed by atoms with van der Waals surface area (Å²) in [7, 11) is 0. The van der Waals surface area contributed by atoms with Crippen LogP contribution in [0.4, 0.5) is 9.59 Å². The Morgan fingerprint density at radius 2 is 2.06 bits per heavy atom. The molecule has 0 aromatic rings. The molecular weight excluding hydrogens is 234 g/mol. The summed E-state index contributed by atoms with van der Waals surface area (Å²) in [6.07, 6.45) is -4.69. The minimum Gasteiger partial charge on any atom is -0.394 e. The lowest BCUT2D eigenvalue weighted by atomic mass is 10.1. The lowest BCUT2D eigenvalue weighted by Crippen LogP contribution is -2.62. The van der Waals surface area contributed by atoms with Gasteiger partial charge in [-0.1, -0.05) is 0 Å². The summed E-state index contributed by atoms with van der Waals surface area (Å²) in [5, 5.41) is 32.4. The van der Waals surface area contributed by atoms with Crippen LogP contribution in [0.15, 0.2) is 0 Å². The topological polar surface area (TPSA) is 131 Å². The average Bonchev–Trinajstić information content (AvgIpc) is 2.57. The summed E-state index contributed by atoms with van der Waals surface area (Å²) in [5.74, 6) is 0. The Bertz CT molecular complexity index is 337. The van der Waals surface area contributed by atoms with E-state index in [9.17, 15) is 19.8 Å². The van der Waals surface area contributed by atoms with Crippen molar-refractivity contribution < 1.29 is 29.6 Å². The summed E-state index contributed by atoms with van der Waals surface area (Å²) < 4.78 is 5.14. The predicted octanol–water partition coefficient (Wildman–Crippen LogP) is -2.88. The number of aliphatic hydroxyl groups is 3. The van der Waals surface area contributed by atoms with Crippen LogP contribution in [0, 0.1) is 0 Å². The van der Waals surface area contributed by atoms with Gasteiger partial charge in [0.25, 0.3) is 0 Å². The number of carbonyl (C=O) groups is 2. The number of ether oxygens (including phenoxy) is 1. The number of amides is 4. The van der Waals surface area contributed by atoms with Gasteiger partial charge in [0, 0.05) is 0 Å². The molecule has 2 aliphatic heterocycles. The number of imide groups is 1. The smallest absolute Gasteiger partial charge is 0.329 e. The van der Waals surface area contributed by atoms with Crippen molar-refractivity contribution in [1.29, 1.82) is 0 Å². The van der Waals surface area contributed by atoms with Gasteiger partial charge < -0.3 is 25.4 Å². The van der Waals surface area contributed by atoms with Crippen molar-refractivity contribution in [3.05, 3.63) is 0 Å². The van der Waals surface area contributed by atoms with E-state index in [4.69, 9.17) is 9.84 Å². The first-order valence-electron chi connectivity index (χ1n) is 5.02. The molecule has 2 rings (SSSR count). The number of hydrogen-bond donors (Lipinski definition) is 5. The third-order valence-corrected chi connectivity index (χ3v) is 2.72. The summed E-state index contributed by atoms with van der Waals surface area (Å²) in [6.45, 7) is -0.617. The van der Waals surface area contributed by atoms with Gasteiger partial charge in [-0.05, 0) is 0 Å². The molecule has 0 unspecified atom stereocenters. The monoisotopic (exact) mass is 247 g/mol. The Hall–Kier alpha value is -1.42. The highest BCUT2D eigenvalue weighted by Crippen LogP contribution is 2.24. The van der Waals surface area contributed by atoms with Crippen LogP contribution in [0.3, 0.4) is 0 Å². The van der Waals surface area contributed by atoms with Crippen molar-refractivity contribution >= 4 is 12.1 Å². The SMILES string of the molecule is O=C1NCN([C@@H]2O[C@H](CO)[C@@H](O)[C@H]2O)C(=O)N1. The van der Waals surface area contributed by atoms with E-state index >= 15 is 0 Å². The molecule has 0 spiro atoms. The van der Waals surface area contributed by atoms with Crippen molar-refractivity contribution in [2.24, 2.45) is 0 Å². The molecule has 0 radical (unpaired) electrons. The van der Waals surface area contributed by atoms with Gasteiger partial charge >= 0.3 is 12.1 Å². The summed E-state index contributed by atoms with van der Waals surface area (Å²) in [6, 6.07) is -1.37. The van der Waals surface area contributed by atoms with E-state index in [1.165, 1.54) is 0 Å². The molecule has 0 aromatic carbocycles. The maximum Gasteiger partial charge on any atom is 0.329 e. The van der Waals surface area contributed by atoms with Crippen LogP contribution in [0.1, 0.15) is 0 Å². The second-order valence-corrected chi connectivity index (χ2v) is 3.79. The highest BCUT2D eigenvalue weighted by Gasteiger charge is 2.47. The molecule has 2 fully saturated rings. The van der Waals surface area contributed by atoms with Gasteiger partial charge in [0.1, 0.15) is 18.3 Å². The molecule has 9 nitrogen and oxygen atoms in total. The van der Waals surface area contributed by atoms with Crippen LogP contribution in [-0.4, -0.2) is 70.1 Å². The summed E-state index contributed by atoms with van der Waals surface area (Å²) in [4.78, 5) is 23.3. The van der Waals surface area contributed by atoms with Crippen LogP contribution in [0.25, 0.3) is 0 Å². The molecule has 4 atom stereocenters. The molecular formula is C8H13N3O6. The molecule has 2 heterocycles. The fourth-order valence-corrected chi connectivity index (χ4v) is 1.78. The van der Waals surface area contributed by atoms with Gasteiger partial charge in [-0.3, -0.25) is 10.2 Å². The number of aliphatic hydroxyl groups excluding tert-OH is 3. The van der Waals surface area contributed by atoms with Crippen LogP contribution >= 0.6 is 0 Å². The molecule has 96 valence electrons. The maximum atomic E-state index is 11.5. The molecule has 0 saturated carbocycles. The molecule has 4 amide bonds. The van der Waals surface area contributed by atoms with Crippen LogP contribution in [-0.2, 0) is 4.74 Å². The zero-order chi connectivity index (χ0) is 12.6. The normalized spacial score (nSPS) is 37.9. The maximum absolute atomic E-state index is 11.5. The van der Waals surface area contributed by atoms with E-state index in [1.807, 2.05) is 5.32 Å². The molecule has 0 bridgehead atoms. The van der Waals surface area contributed by atoms with Crippen molar-refractivity contribution in [3.63, 3.8) is 0 Å². The van der Waals surface area contributed by atoms with Gasteiger partial charge in [-0.2, -0.15) is 0 Å². The summed E-state index contributed by atoms with van der Waals surface area (Å²) in [5.41, 5.74) is 0. The molecule has 2 saturated heterocycles. The number of carbonyl (C=O) groups excluding carboxylic acids is 2. The molecule has 0 aliphatic carbocycles. The predicted molar refractivity (Wildman–Crippen MR) is 51.5 cm³/mol. The van der Waals surface area contributed by atoms with Crippen molar-refractivity contribution in [2.45, 2.75) is 24.5 Å². The number of nitrogens with zero attached hydrogens (tertiary/aromatic N) is 1. The minimum atomic E-state index is -1.34. The molecule has 0 aromatic heterocycles. The highest BCUT2D eigenvalue weighted by atomic mass is 16.6. The lowest BCUT2D eigenvalue weighted by Gasteiger charge is -2.33. The number of rotatable bonds is 2. The van der Waals surface area contributed by atoms with Gasteiger partial charge in [-0.15, -0.1) is 0 Å². The van der Waals surface area contributed by atoms with Gasteiger partial charge in [-0.25, -0.2) is 9.59 Å². The summed E-state index contributed by atoms with van der Waals surface area (Å²) >= 11 is 0. The molecule has 5 N–H and O–H groups in total. The van der Waals surface area contributed by atoms with E-state index in [0.29, 0.717) is 0 Å². The first-order chi connectivity index (χ1) is 8.04. The number of urea groups is 2. The van der Waals surface area contributed by atoms with E-state index < -0.39 is 43.2 Å². The van der Waals surface area contributed by atoms with E-state index in [-0.39, 0.29) is 6.67 Å². The first-order valence-corrected chi connectivity index (χ1v) is 5.02. The Labute approximate surface area is 96.0 Å². The molecule has 17 heavy (non-hydrogen) atoms. The fraction of sp³-hybridized carbons (Fsp3) is 0.750. The van der Waals surface area contributed by atoms with Crippen LogP contribution < -0.4 is 10.6 Å². The zero-order valence-corrected chi connectivity index (χ0v) is 8.74. The lowest BCUT2D eigenvalue weighted by molar-refractivity contribution is -0.0818. The van der Waals surface area contributed by atoms with Gasteiger partial charge in [0.15, 0.2) is 6.23 Å². The highest BCUT2D eigenvalue weighted by molar-refractivity contribution is 5.95. The van der Waals surface area contributed by atoms with E-state index in [0.717, 1.165) is 4.90 Å². The van der Waals surface area contributed by atoms with Gasteiger partial charge in [0.2, 0.25) is 0 Å². The second kappa shape index (κ2) is 4.45. The minimum absolute atomic E-state index is 0.142. The third kappa shape index (κ3) is 2.05. The first kappa shape index (κ1) is 12.0. The Morgan fingerprint density at radius 3 is 2.59 bits per heavy atom. The Kier molecular flexibility index (Phi) is 3.15. The molecule has 9 heteroatoms. The fourth-order valence-electron chi connectivity index (χ4n) is 1.78. The van der Waals surface area contributed by atoms with Crippen LogP contribution in [0.5, 0.6) is 0 Å². The van der Waals surface area contributed by atoms with Crippen molar-refractivity contribution in [2.75, 3.05) is 13.3 Å². The second-order valence-electron chi connectivity index (χ2n) is 3.79. The van der Waals surface area contributed by atoms with E-state index in [1.54, 1.807) is 0 Å². The average molecular weight is 247 g/mol. The zero-order valence-electron chi connectivity index (χ0n) is 8.74. The van der Waals surface area contributed by atoms with Crippen molar-refractivity contribution in [1.82, 2.24) is 15.5 Å². The Morgan fingerprint density at radius 1 is 1.35 bits per heavy atom. The third-order valence-electron chi connectivity index (χ3n) is 2.72. The number of nitrogens with one attached hydrogen (secondary N) is 2. The quantitative estimate of drug-likeness (QED) is 0.356. The molecule has 2 aliphatic rings. The largest absolute Gasteiger partial charge is 0.394 e. The number of hydrogen-bond acceptors (Lipinski definition) is 6. The van der Waals surface area contributed by atoms with Crippen molar-refractivity contribution in [3.8, 4) is 0 Å².